The minimum atomic E-state index is -0.785. The summed E-state index contributed by atoms with van der Waals surface area (Å²) in [5.41, 5.74) is 0. The van der Waals surface area contributed by atoms with E-state index in [1.165, 1.54) is 205 Å². The lowest BCUT2D eigenvalue weighted by Gasteiger charge is -2.18. The van der Waals surface area contributed by atoms with Crippen LogP contribution in [0.3, 0.4) is 0 Å². The van der Waals surface area contributed by atoms with Gasteiger partial charge in [-0.25, -0.2) is 0 Å². The average Bonchev–Trinajstić information content (AvgIpc) is 3.49. The number of carbonyl (C=O) groups excluding carboxylic acids is 3. The highest BCUT2D eigenvalue weighted by Crippen LogP contribution is 2.17. The van der Waals surface area contributed by atoms with Crippen LogP contribution >= 0.6 is 0 Å². The summed E-state index contributed by atoms with van der Waals surface area (Å²) in [4.78, 5) is 38.5. The third-order valence-corrected chi connectivity index (χ3v) is 15.6. The van der Waals surface area contributed by atoms with E-state index >= 15 is 0 Å². The van der Waals surface area contributed by atoms with Gasteiger partial charge in [0, 0.05) is 19.3 Å². The van der Waals surface area contributed by atoms with Crippen LogP contribution in [0, 0.1) is 0 Å². The maximum absolute atomic E-state index is 13.0. The zero-order valence-electron chi connectivity index (χ0n) is 54.9. The van der Waals surface area contributed by atoms with Crippen molar-refractivity contribution in [3.8, 4) is 0 Å². The third kappa shape index (κ3) is 69.0. The molecule has 0 aliphatic heterocycles. The van der Waals surface area contributed by atoms with Gasteiger partial charge in [-0.2, -0.15) is 0 Å². The fraction of sp³-hybridized carbons (Fsp3) is 0.753. The Labute approximate surface area is 515 Å². The lowest BCUT2D eigenvalue weighted by molar-refractivity contribution is -0.167. The first-order valence-electron chi connectivity index (χ1n) is 35.7. The van der Waals surface area contributed by atoms with Crippen LogP contribution in [0.5, 0.6) is 0 Å². The molecule has 1 atom stereocenters. The second-order valence-electron chi connectivity index (χ2n) is 23.7. The Balaban J connectivity index is 4.34. The second-order valence-corrected chi connectivity index (χ2v) is 23.7. The standard InChI is InChI=1S/C77H134O6/c1-4-7-10-13-16-19-22-25-28-31-33-35-37-38-40-41-43-46-49-52-55-58-61-64-67-70-76(79)82-73-74(72-81-75(78)69-66-63-60-57-54-51-48-45-30-27-24-21-18-15-12-9-6-3)83-77(80)71-68-65-62-59-56-53-50-47-44-42-39-36-34-32-29-26-23-20-17-14-11-8-5-2/h7,9-10,12,16,18-19,21,25,27-28,30,32-35,74H,4-6,8,11,13-15,17,20,22-24,26,29,31,36-73H2,1-3H3/b10-7-,12-9-,19-16-,21-18-,28-25-,30-27-,34-32-,35-33-. The summed E-state index contributed by atoms with van der Waals surface area (Å²) >= 11 is 0. The van der Waals surface area contributed by atoms with Gasteiger partial charge in [0.25, 0.3) is 0 Å². The highest BCUT2D eigenvalue weighted by atomic mass is 16.6. The molecule has 83 heavy (non-hydrogen) atoms. The van der Waals surface area contributed by atoms with Crippen LogP contribution in [-0.4, -0.2) is 37.2 Å². The predicted molar refractivity (Wildman–Crippen MR) is 362 cm³/mol. The zero-order valence-corrected chi connectivity index (χ0v) is 54.9. The van der Waals surface area contributed by atoms with E-state index in [1.807, 2.05) is 0 Å². The maximum Gasteiger partial charge on any atom is 0.306 e. The van der Waals surface area contributed by atoms with Gasteiger partial charge >= 0.3 is 17.9 Å². The molecule has 0 aliphatic rings. The fourth-order valence-corrected chi connectivity index (χ4v) is 10.3. The van der Waals surface area contributed by atoms with Crippen molar-refractivity contribution in [1.29, 1.82) is 0 Å². The van der Waals surface area contributed by atoms with Gasteiger partial charge in [0.05, 0.1) is 0 Å². The highest BCUT2D eigenvalue weighted by Gasteiger charge is 2.19. The van der Waals surface area contributed by atoms with Crippen molar-refractivity contribution in [3.05, 3.63) is 97.2 Å². The van der Waals surface area contributed by atoms with Crippen molar-refractivity contribution < 1.29 is 28.6 Å². The molecule has 0 amide bonds. The second kappa shape index (κ2) is 70.8. The van der Waals surface area contributed by atoms with E-state index in [9.17, 15) is 14.4 Å². The zero-order chi connectivity index (χ0) is 59.9. The van der Waals surface area contributed by atoms with Crippen LogP contribution < -0.4 is 0 Å². The first-order chi connectivity index (χ1) is 41.0. The van der Waals surface area contributed by atoms with Gasteiger partial charge < -0.3 is 14.2 Å². The summed E-state index contributed by atoms with van der Waals surface area (Å²) < 4.78 is 17.0. The number of hydrogen-bond donors (Lipinski definition) is 0. The summed E-state index contributed by atoms with van der Waals surface area (Å²) in [5, 5.41) is 0. The third-order valence-electron chi connectivity index (χ3n) is 15.6. The molecule has 6 nitrogen and oxygen atoms in total. The van der Waals surface area contributed by atoms with Crippen LogP contribution in [0.4, 0.5) is 0 Å². The normalized spacial score (nSPS) is 12.7. The first kappa shape index (κ1) is 79.3. The largest absolute Gasteiger partial charge is 0.462 e. The molecule has 0 fully saturated rings. The quantitative estimate of drug-likeness (QED) is 0.0261. The number of hydrogen-bond acceptors (Lipinski definition) is 6. The minimum absolute atomic E-state index is 0.0800. The Morgan fingerprint density at radius 1 is 0.253 bits per heavy atom. The number of esters is 3. The lowest BCUT2D eigenvalue weighted by Crippen LogP contribution is -2.30. The minimum Gasteiger partial charge on any atom is -0.462 e. The molecule has 0 rings (SSSR count). The van der Waals surface area contributed by atoms with Gasteiger partial charge in [-0.3, -0.25) is 14.4 Å². The van der Waals surface area contributed by atoms with E-state index in [0.29, 0.717) is 19.3 Å². The molecule has 0 N–H and O–H groups in total. The molecule has 1 unspecified atom stereocenters. The van der Waals surface area contributed by atoms with E-state index in [2.05, 4.69) is 118 Å². The molecule has 0 heterocycles. The molecule has 478 valence electrons. The Bertz CT molecular complexity index is 1610. The highest BCUT2D eigenvalue weighted by molar-refractivity contribution is 5.71. The van der Waals surface area contributed by atoms with E-state index in [4.69, 9.17) is 14.2 Å². The van der Waals surface area contributed by atoms with E-state index in [0.717, 1.165) is 109 Å². The average molecular weight is 1160 g/mol. The van der Waals surface area contributed by atoms with Gasteiger partial charge in [0.1, 0.15) is 13.2 Å². The van der Waals surface area contributed by atoms with Gasteiger partial charge in [-0.1, -0.05) is 317 Å². The van der Waals surface area contributed by atoms with Crippen molar-refractivity contribution in [3.63, 3.8) is 0 Å². The monoisotopic (exact) mass is 1160 g/mol. The molecule has 0 aliphatic carbocycles. The summed E-state index contributed by atoms with van der Waals surface area (Å²) in [6, 6.07) is 0. The number of rotatable bonds is 65. The van der Waals surface area contributed by atoms with Crippen LogP contribution in [-0.2, 0) is 28.6 Å². The number of allylic oxidation sites excluding steroid dienone is 16. The van der Waals surface area contributed by atoms with E-state index < -0.39 is 6.10 Å². The van der Waals surface area contributed by atoms with Crippen molar-refractivity contribution in [2.45, 2.75) is 361 Å². The van der Waals surface area contributed by atoms with Crippen molar-refractivity contribution in [2.75, 3.05) is 13.2 Å². The topological polar surface area (TPSA) is 78.9 Å². The molecule has 0 saturated heterocycles. The summed E-state index contributed by atoms with van der Waals surface area (Å²) in [5.74, 6) is -0.875. The van der Waals surface area contributed by atoms with Crippen LogP contribution in [0.15, 0.2) is 97.2 Å². The molecular weight excluding hydrogens is 1020 g/mol. The Morgan fingerprint density at radius 2 is 0.470 bits per heavy atom. The fourth-order valence-electron chi connectivity index (χ4n) is 10.3. The van der Waals surface area contributed by atoms with E-state index in [-0.39, 0.29) is 31.1 Å². The Kier molecular flexibility index (Phi) is 67.7. The molecule has 0 saturated carbocycles. The Hall–Kier alpha value is -3.67. The number of unbranched alkanes of at least 4 members (excludes halogenated alkanes) is 38. The maximum atomic E-state index is 13.0. The van der Waals surface area contributed by atoms with Crippen LogP contribution in [0.2, 0.25) is 0 Å². The van der Waals surface area contributed by atoms with Crippen molar-refractivity contribution >= 4 is 17.9 Å². The molecule has 6 heteroatoms. The molecule has 0 spiro atoms. The number of carbonyl (C=O) groups is 3. The molecule has 0 aromatic rings. The molecular formula is C77H134O6. The molecule has 0 aromatic heterocycles. The van der Waals surface area contributed by atoms with Gasteiger partial charge in [-0.05, 0) is 116 Å². The first-order valence-corrected chi connectivity index (χ1v) is 35.7. The SMILES string of the molecule is CC/C=C\C/C=C\C/C=C\C/C=C\CCCCCCCCCCCCCCC(=O)OCC(COC(=O)CCCCCCCCC/C=C\C/C=C\C/C=C\CC)OC(=O)CCCCCCCCCCCCC/C=C\CCCCCCCCCC. The summed E-state index contributed by atoms with van der Waals surface area (Å²) in [6.07, 6.45) is 95.7. The van der Waals surface area contributed by atoms with Gasteiger partial charge in [-0.15, -0.1) is 0 Å². The summed E-state index contributed by atoms with van der Waals surface area (Å²) in [7, 11) is 0. The Morgan fingerprint density at radius 3 is 0.747 bits per heavy atom. The lowest BCUT2D eigenvalue weighted by atomic mass is 10.0. The van der Waals surface area contributed by atoms with E-state index in [1.54, 1.807) is 0 Å². The molecule has 0 radical (unpaired) electrons. The van der Waals surface area contributed by atoms with Gasteiger partial charge in [0.2, 0.25) is 0 Å². The summed E-state index contributed by atoms with van der Waals surface area (Å²) in [6.45, 7) is 6.46. The van der Waals surface area contributed by atoms with Crippen LogP contribution in [0.1, 0.15) is 355 Å². The molecule has 0 bridgehead atoms. The predicted octanol–water partition coefficient (Wildman–Crippen LogP) is 24.8. The van der Waals surface area contributed by atoms with Crippen molar-refractivity contribution in [1.82, 2.24) is 0 Å². The number of ether oxygens (including phenoxy) is 3. The molecule has 0 aromatic carbocycles. The van der Waals surface area contributed by atoms with Crippen molar-refractivity contribution in [2.24, 2.45) is 0 Å². The van der Waals surface area contributed by atoms with Crippen LogP contribution in [0.25, 0.3) is 0 Å². The van der Waals surface area contributed by atoms with Gasteiger partial charge in [0.15, 0.2) is 6.10 Å². The smallest absolute Gasteiger partial charge is 0.306 e.